The van der Waals surface area contributed by atoms with Gasteiger partial charge in [-0.25, -0.2) is 0 Å². The Hall–Kier alpha value is -1.28. The molecule has 0 bridgehead atoms. The molecule has 0 fully saturated rings. The van der Waals surface area contributed by atoms with Crippen molar-refractivity contribution in [3.05, 3.63) is 46.8 Å². The Bertz CT molecular complexity index is 432. The fourth-order valence-electron chi connectivity index (χ4n) is 1.37. The summed E-state index contributed by atoms with van der Waals surface area (Å²) in [6.45, 7) is 8.22. The summed E-state index contributed by atoms with van der Waals surface area (Å²) in [5.41, 5.74) is 2.44. The van der Waals surface area contributed by atoms with Gasteiger partial charge in [0, 0.05) is 10.6 Å². The molecular formula is C14H19NS. The van der Waals surface area contributed by atoms with Gasteiger partial charge in [0.2, 0.25) is 0 Å². The van der Waals surface area contributed by atoms with E-state index in [9.17, 15) is 0 Å². The van der Waals surface area contributed by atoms with Gasteiger partial charge in [-0.1, -0.05) is 26.0 Å². The van der Waals surface area contributed by atoms with E-state index in [2.05, 4.69) is 55.6 Å². The highest BCUT2D eigenvalue weighted by Gasteiger charge is 1.96. The van der Waals surface area contributed by atoms with Crippen LogP contribution in [0.1, 0.15) is 24.3 Å². The largest absolute Gasteiger partial charge is 0.347 e. The first-order valence-electron chi connectivity index (χ1n) is 5.64. The molecule has 0 spiro atoms. The molecule has 0 unspecified atom stereocenters. The van der Waals surface area contributed by atoms with E-state index in [0.29, 0.717) is 0 Å². The number of hydrogen-bond donors (Lipinski definition) is 1. The smallest absolute Gasteiger partial charge is 0.0929 e. The van der Waals surface area contributed by atoms with Gasteiger partial charge in [-0.05, 0) is 43.7 Å². The molecule has 0 aliphatic carbocycles. The fourth-order valence-corrected chi connectivity index (χ4v) is 2.15. The summed E-state index contributed by atoms with van der Waals surface area (Å²) < 4.78 is 0. The van der Waals surface area contributed by atoms with E-state index in [-0.39, 0.29) is 0 Å². The lowest BCUT2D eigenvalue weighted by Gasteiger charge is -2.03. The van der Waals surface area contributed by atoms with Crippen LogP contribution in [0.3, 0.4) is 0 Å². The summed E-state index contributed by atoms with van der Waals surface area (Å²) in [6.07, 6.45) is 0. The molecule has 16 heavy (non-hydrogen) atoms. The molecule has 86 valence electrons. The zero-order valence-electron chi connectivity index (χ0n) is 10.4. The molecule has 0 amide bonds. The van der Waals surface area contributed by atoms with Crippen LogP contribution in [-0.4, -0.2) is 0 Å². The van der Waals surface area contributed by atoms with E-state index in [1.165, 1.54) is 15.4 Å². The molecule has 0 radical (unpaired) electrons. The maximum absolute atomic E-state index is 3.38. The minimum Gasteiger partial charge on any atom is -0.347 e. The number of aryl methyl sites for hydroxylation is 2. The fraction of sp³-hybridized carbons (Fsp3) is 0.286. The summed E-state index contributed by atoms with van der Waals surface area (Å²) in [5.74, 6) is 0. The lowest BCUT2D eigenvalue weighted by atomic mass is 10.2. The third-order valence-corrected chi connectivity index (χ3v) is 2.94. The van der Waals surface area contributed by atoms with Crippen molar-refractivity contribution in [2.24, 2.45) is 0 Å². The third-order valence-electron chi connectivity index (χ3n) is 2.03. The van der Waals surface area contributed by atoms with Crippen LogP contribution in [0.5, 0.6) is 0 Å². The van der Waals surface area contributed by atoms with Crippen LogP contribution in [0.15, 0.2) is 36.4 Å². The van der Waals surface area contributed by atoms with Crippen LogP contribution in [0.4, 0.5) is 10.7 Å². The quantitative estimate of drug-likeness (QED) is 0.757. The Morgan fingerprint density at radius 2 is 1.75 bits per heavy atom. The second kappa shape index (κ2) is 6.33. The van der Waals surface area contributed by atoms with Crippen LogP contribution in [0.25, 0.3) is 0 Å². The van der Waals surface area contributed by atoms with Crippen molar-refractivity contribution in [2.75, 3.05) is 5.32 Å². The number of nitrogens with one attached hydrogen (secondary N) is 1. The van der Waals surface area contributed by atoms with Crippen molar-refractivity contribution in [1.82, 2.24) is 0 Å². The average Bonchev–Trinajstić information content (AvgIpc) is 2.67. The summed E-state index contributed by atoms with van der Waals surface area (Å²) in [6, 6.07) is 12.6. The van der Waals surface area contributed by atoms with Gasteiger partial charge < -0.3 is 5.32 Å². The Kier molecular flexibility index (Phi) is 5.06. The summed E-state index contributed by atoms with van der Waals surface area (Å²) >= 11 is 1.78. The number of benzene rings is 1. The van der Waals surface area contributed by atoms with E-state index >= 15 is 0 Å². The SMILES string of the molecule is CC.Cc1cccc(Nc2ccc(C)s2)c1. The van der Waals surface area contributed by atoms with Crippen LogP contribution in [0, 0.1) is 13.8 Å². The molecule has 1 aromatic carbocycles. The summed E-state index contributed by atoms with van der Waals surface area (Å²) in [4.78, 5) is 1.33. The molecule has 1 aromatic heterocycles. The molecule has 0 saturated heterocycles. The van der Waals surface area contributed by atoms with Gasteiger partial charge in [0.15, 0.2) is 0 Å². The van der Waals surface area contributed by atoms with Crippen molar-refractivity contribution in [1.29, 1.82) is 0 Å². The van der Waals surface area contributed by atoms with Crippen molar-refractivity contribution in [2.45, 2.75) is 27.7 Å². The topological polar surface area (TPSA) is 12.0 Å². The van der Waals surface area contributed by atoms with Crippen molar-refractivity contribution in [3.63, 3.8) is 0 Å². The molecule has 2 aromatic rings. The summed E-state index contributed by atoms with van der Waals surface area (Å²) in [7, 11) is 0. The molecule has 0 saturated carbocycles. The number of anilines is 2. The van der Waals surface area contributed by atoms with Gasteiger partial charge in [0.1, 0.15) is 0 Å². The van der Waals surface area contributed by atoms with Gasteiger partial charge in [-0.3, -0.25) is 0 Å². The number of thiophene rings is 1. The normalized spacial score (nSPS) is 9.25. The Morgan fingerprint density at radius 1 is 1.00 bits per heavy atom. The molecule has 2 rings (SSSR count). The lowest BCUT2D eigenvalue weighted by molar-refractivity contribution is 1.46. The van der Waals surface area contributed by atoms with Crippen molar-refractivity contribution in [3.8, 4) is 0 Å². The molecule has 1 heterocycles. The van der Waals surface area contributed by atoms with E-state index in [1.54, 1.807) is 11.3 Å². The Balaban J connectivity index is 0.000000606. The molecule has 0 aliphatic heterocycles. The first-order chi connectivity index (χ1) is 7.74. The minimum absolute atomic E-state index is 1.16. The first kappa shape index (κ1) is 12.8. The zero-order valence-corrected chi connectivity index (χ0v) is 11.2. The minimum atomic E-state index is 1.16. The highest BCUT2D eigenvalue weighted by atomic mass is 32.1. The van der Waals surface area contributed by atoms with E-state index in [0.717, 1.165) is 5.69 Å². The van der Waals surface area contributed by atoms with E-state index in [4.69, 9.17) is 0 Å². The monoisotopic (exact) mass is 233 g/mol. The van der Waals surface area contributed by atoms with Crippen molar-refractivity contribution >= 4 is 22.0 Å². The molecule has 0 atom stereocenters. The molecular weight excluding hydrogens is 214 g/mol. The third kappa shape index (κ3) is 3.70. The lowest BCUT2D eigenvalue weighted by Crippen LogP contribution is -1.86. The van der Waals surface area contributed by atoms with Crippen LogP contribution in [-0.2, 0) is 0 Å². The maximum atomic E-state index is 3.38. The molecule has 1 nitrogen and oxygen atoms in total. The van der Waals surface area contributed by atoms with Gasteiger partial charge >= 0.3 is 0 Å². The summed E-state index contributed by atoms with van der Waals surface area (Å²) in [5, 5.41) is 4.59. The predicted molar refractivity (Wildman–Crippen MR) is 74.9 cm³/mol. The predicted octanol–water partition coefficient (Wildman–Crippen LogP) is 5.13. The van der Waals surface area contributed by atoms with Crippen LogP contribution < -0.4 is 5.32 Å². The zero-order chi connectivity index (χ0) is 12.0. The first-order valence-corrected chi connectivity index (χ1v) is 6.46. The standard InChI is InChI=1S/C12H13NS.C2H6/c1-9-4-3-5-11(8-9)13-12-7-6-10(2)14-12;1-2/h3-8,13H,1-2H3;1-2H3. The van der Waals surface area contributed by atoms with Gasteiger partial charge in [-0.2, -0.15) is 0 Å². The maximum Gasteiger partial charge on any atom is 0.0929 e. The van der Waals surface area contributed by atoms with Gasteiger partial charge in [-0.15, -0.1) is 11.3 Å². The van der Waals surface area contributed by atoms with Crippen LogP contribution >= 0.6 is 11.3 Å². The average molecular weight is 233 g/mol. The van der Waals surface area contributed by atoms with Gasteiger partial charge in [0.05, 0.1) is 5.00 Å². The van der Waals surface area contributed by atoms with Gasteiger partial charge in [0.25, 0.3) is 0 Å². The highest BCUT2D eigenvalue weighted by Crippen LogP contribution is 2.25. The van der Waals surface area contributed by atoms with E-state index < -0.39 is 0 Å². The number of hydrogen-bond acceptors (Lipinski definition) is 2. The Labute approximate surface area is 102 Å². The van der Waals surface area contributed by atoms with Crippen molar-refractivity contribution < 1.29 is 0 Å². The van der Waals surface area contributed by atoms with E-state index in [1.807, 2.05) is 13.8 Å². The highest BCUT2D eigenvalue weighted by molar-refractivity contribution is 7.16. The second-order valence-electron chi connectivity index (χ2n) is 3.40. The Morgan fingerprint density at radius 3 is 2.31 bits per heavy atom. The number of rotatable bonds is 2. The molecule has 0 aliphatic rings. The molecule has 1 N–H and O–H groups in total. The molecule has 2 heteroatoms. The second-order valence-corrected chi connectivity index (χ2v) is 4.69. The van der Waals surface area contributed by atoms with Crippen LogP contribution in [0.2, 0.25) is 0 Å².